The van der Waals surface area contributed by atoms with E-state index in [0.29, 0.717) is 22.5 Å². The van der Waals surface area contributed by atoms with Crippen molar-refractivity contribution in [3.63, 3.8) is 0 Å². The van der Waals surface area contributed by atoms with Crippen LogP contribution in [-0.2, 0) is 9.53 Å². The van der Waals surface area contributed by atoms with E-state index in [4.69, 9.17) is 4.74 Å². The number of nitrogens with one attached hydrogen (secondary N) is 3. The summed E-state index contributed by atoms with van der Waals surface area (Å²) in [5.41, 5.74) is 2.51. The molecule has 29 heavy (non-hydrogen) atoms. The zero-order valence-electron chi connectivity index (χ0n) is 16.9. The third-order valence-corrected chi connectivity index (χ3v) is 4.36. The number of amides is 2. The summed E-state index contributed by atoms with van der Waals surface area (Å²) in [5, 5.41) is 5.18. The normalized spacial score (nSPS) is 11.4. The maximum absolute atomic E-state index is 12.6. The molecule has 1 aromatic heterocycles. The number of urea groups is 1. The molecule has 2 amide bonds. The Morgan fingerprint density at radius 2 is 1.76 bits per heavy atom. The van der Waals surface area contributed by atoms with Gasteiger partial charge >= 0.3 is 12.0 Å². The van der Waals surface area contributed by atoms with Gasteiger partial charge < -0.3 is 20.4 Å². The molecule has 0 fully saturated rings. The van der Waals surface area contributed by atoms with Gasteiger partial charge in [-0.25, -0.2) is 4.79 Å². The van der Waals surface area contributed by atoms with Gasteiger partial charge in [0.25, 0.3) is 0 Å². The van der Waals surface area contributed by atoms with Crippen molar-refractivity contribution in [2.24, 2.45) is 0 Å². The van der Waals surface area contributed by atoms with Gasteiger partial charge in [-0.05, 0) is 45.4 Å². The molecule has 0 saturated carbocycles. The van der Waals surface area contributed by atoms with E-state index in [1.54, 1.807) is 38.1 Å². The van der Waals surface area contributed by atoms with Crippen molar-refractivity contribution in [2.45, 2.75) is 40.2 Å². The Hall–Kier alpha value is -3.42. The van der Waals surface area contributed by atoms with Crippen LogP contribution in [-0.4, -0.2) is 41.2 Å². The Kier molecular flexibility index (Phi) is 7.30. The molecule has 1 heterocycles. The lowest BCUT2D eigenvalue weighted by atomic mass is 10.0. The minimum Gasteiger partial charge on any atom is -0.454 e. The van der Waals surface area contributed by atoms with Crippen LogP contribution >= 0.6 is 0 Å². The van der Waals surface area contributed by atoms with Crippen molar-refractivity contribution in [1.82, 2.24) is 10.3 Å². The summed E-state index contributed by atoms with van der Waals surface area (Å²) in [4.78, 5) is 50.9. The van der Waals surface area contributed by atoms with E-state index in [1.165, 1.54) is 13.8 Å². The Morgan fingerprint density at radius 3 is 2.34 bits per heavy atom. The fourth-order valence-electron chi connectivity index (χ4n) is 3.01. The number of ether oxygens (including phenoxy) is 1. The third kappa shape index (κ3) is 5.78. The fraction of sp³-hybridized carbons (Fsp3) is 0.333. The second-order valence-corrected chi connectivity index (χ2v) is 6.67. The van der Waals surface area contributed by atoms with Crippen molar-refractivity contribution >= 4 is 29.3 Å². The van der Waals surface area contributed by atoms with Gasteiger partial charge in [0.15, 0.2) is 11.9 Å². The van der Waals surface area contributed by atoms with Crippen LogP contribution in [0.15, 0.2) is 30.3 Å². The summed E-state index contributed by atoms with van der Waals surface area (Å²) in [6.07, 6.45) is -1.10. The predicted molar refractivity (Wildman–Crippen MR) is 108 cm³/mol. The SMILES string of the molecule is CC(=O)c1c(C)[nH]c(C(=O)[C@H](C)OC(=O)CCNC(=O)Nc2ccccc2)c1C. The van der Waals surface area contributed by atoms with E-state index in [1.807, 2.05) is 6.07 Å². The second-order valence-electron chi connectivity index (χ2n) is 6.67. The molecule has 1 aromatic carbocycles. The predicted octanol–water partition coefficient (Wildman–Crippen LogP) is 3.16. The molecule has 2 rings (SSSR count). The maximum atomic E-state index is 12.6. The van der Waals surface area contributed by atoms with E-state index >= 15 is 0 Å². The van der Waals surface area contributed by atoms with E-state index in [9.17, 15) is 19.2 Å². The van der Waals surface area contributed by atoms with E-state index in [0.717, 1.165) is 0 Å². The van der Waals surface area contributed by atoms with Crippen molar-refractivity contribution in [1.29, 1.82) is 0 Å². The standard InChI is InChI=1S/C21H25N3O5/c1-12-18(14(3)25)13(2)23-19(12)20(27)15(4)29-17(26)10-11-22-21(28)24-16-8-6-5-7-9-16/h5-9,15,23H,10-11H2,1-4H3,(H2,22,24,28)/t15-/m0/s1. The number of Topliss-reactive ketones (excluding diaryl/α,β-unsaturated/α-hetero) is 2. The highest BCUT2D eigenvalue weighted by Crippen LogP contribution is 2.20. The highest BCUT2D eigenvalue weighted by atomic mass is 16.5. The van der Waals surface area contributed by atoms with Gasteiger partial charge in [-0.3, -0.25) is 14.4 Å². The number of hydrogen-bond donors (Lipinski definition) is 3. The second kappa shape index (κ2) is 9.68. The Bertz CT molecular complexity index is 918. The lowest BCUT2D eigenvalue weighted by molar-refractivity contribution is -0.146. The molecule has 0 aliphatic rings. The first-order valence-electron chi connectivity index (χ1n) is 9.24. The van der Waals surface area contributed by atoms with Crippen LogP contribution in [0.4, 0.5) is 10.5 Å². The lowest BCUT2D eigenvalue weighted by Crippen LogP contribution is -2.32. The highest BCUT2D eigenvalue weighted by Gasteiger charge is 2.25. The molecule has 0 aliphatic carbocycles. The number of hydrogen-bond acceptors (Lipinski definition) is 5. The number of carbonyl (C=O) groups excluding carboxylic acids is 4. The minimum absolute atomic E-state index is 0.0630. The van der Waals surface area contributed by atoms with Gasteiger partial charge in [0.1, 0.15) is 0 Å². The summed E-state index contributed by atoms with van der Waals surface area (Å²) in [5.74, 6) is -1.17. The van der Waals surface area contributed by atoms with Gasteiger partial charge in [-0.15, -0.1) is 0 Å². The number of ketones is 2. The van der Waals surface area contributed by atoms with Gasteiger partial charge in [-0.1, -0.05) is 18.2 Å². The summed E-state index contributed by atoms with van der Waals surface area (Å²) in [7, 11) is 0. The Labute approximate surface area is 169 Å². The molecule has 1 atom stereocenters. The number of rotatable bonds is 8. The number of anilines is 1. The number of benzene rings is 1. The summed E-state index contributed by atoms with van der Waals surface area (Å²) in [6, 6.07) is 8.45. The molecule has 0 unspecified atom stereocenters. The number of H-pyrrole nitrogens is 1. The average molecular weight is 399 g/mol. The molecule has 0 bridgehead atoms. The average Bonchev–Trinajstić information content (AvgIpc) is 2.96. The number of carbonyl (C=O) groups is 4. The van der Waals surface area contributed by atoms with E-state index < -0.39 is 23.9 Å². The molecule has 154 valence electrons. The Morgan fingerprint density at radius 1 is 1.10 bits per heavy atom. The smallest absolute Gasteiger partial charge is 0.319 e. The fourth-order valence-corrected chi connectivity index (χ4v) is 3.01. The van der Waals surface area contributed by atoms with Gasteiger partial charge in [-0.2, -0.15) is 0 Å². The van der Waals surface area contributed by atoms with Crippen molar-refractivity contribution in [3.8, 4) is 0 Å². The maximum Gasteiger partial charge on any atom is 0.319 e. The monoisotopic (exact) mass is 399 g/mol. The summed E-state index contributed by atoms with van der Waals surface area (Å²) < 4.78 is 5.17. The molecule has 2 aromatic rings. The van der Waals surface area contributed by atoms with Crippen LogP contribution in [0.1, 0.15) is 52.4 Å². The zero-order valence-corrected chi connectivity index (χ0v) is 16.9. The van der Waals surface area contributed by atoms with Gasteiger partial charge in [0, 0.05) is 23.5 Å². The topological polar surface area (TPSA) is 117 Å². The van der Waals surface area contributed by atoms with Crippen LogP contribution in [0.3, 0.4) is 0 Å². The number of aromatic amines is 1. The molecule has 0 spiro atoms. The molecule has 0 aliphatic heterocycles. The van der Waals surface area contributed by atoms with Crippen LogP contribution in [0, 0.1) is 13.8 Å². The van der Waals surface area contributed by atoms with Crippen LogP contribution in [0.25, 0.3) is 0 Å². The first-order valence-corrected chi connectivity index (χ1v) is 9.24. The molecule has 0 saturated heterocycles. The first-order chi connectivity index (χ1) is 13.7. The van der Waals surface area contributed by atoms with Crippen molar-refractivity contribution < 1.29 is 23.9 Å². The third-order valence-electron chi connectivity index (χ3n) is 4.36. The van der Waals surface area contributed by atoms with E-state index in [-0.39, 0.29) is 24.4 Å². The van der Waals surface area contributed by atoms with E-state index in [2.05, 4.69) is 15.6 Å². The van der Waals surface area contributed by atoms with Gasteiger partial charge in [0.05, 0.1) is 12.1 Å². The number of para-hydroxylation sites is 1. The largest absolute Gasteiger partial charge is 0.454 e. The summed E-state index contributed by atoms with van der Waals surface area (Å²) in [6.45, 7) is 6.36. The first kappa shape index (κ1) is 21.9. The quantitative estimate of drug-likeness (QED) is 0.466. The van der Waals surface area contributed by atoms with Crippen LogP contribution in [0.2, 0.25) is 0 Å². The molecule has 8 heteroatoms. The molecular formula is C21H25N3O5. The van der Waals surface area contributed by atoms with Crippen molar-refractivity contribution in [2.75, 3.05) is 11.9 Å². The zero-order chi connectivity index (χ0) is 21.6. The van der Waals surface area contributed by atoms with Crippen LogP contribution in [0.5, 0.6) is 0 Å². The van der Waals surface area contributed by atoms with Crippen LogP contribution < -0.4 is 10.6 Å². The molecule has 0 radical (unpaired) electrons. The molecule has 8 nitrogen and oxygen atoms in total. The molecule has 3 N–H and O–H groups in total. The van der Waals surface area contributed by atoms with Crippen molar-refractivity contribution in [3.05, 3.63) is 52.8 Å². The Balaban J connectivity index is 1.83. The number of aromatic nitrogens is 1. The highest BCUT2D eigenvalue weighted by molar-refractivity contribution is 6.05. The number of aryl methyl sites for hydroxylation is 1. The minimum atomic E-state index is -1.02. The van der Waals surface area contributed by atoms with Gasteiger partial charge in [0.2, 0.25) is 5.78 Å². The molecular weight excluding hydrogens is 374 g/mol. The summed E-state index contributed by atoms with van der Waals surface area (Å²) >= 11 is 0. The number of esters is 1. The lowest BCUT2D eigenvalue weighted by Gasteiger charge is -2.13.